The van der Waals surface area contributed by atoms with E-state index in [0.29, 0.717) is 6.42 Å². The zero-order chi connectivity index (χ0) is 14.0. The van der Waals surface area contributed by atoms with Gasteiger partial charge in [-0.15, -0.1) is 0 Å². The Bertz CT molecular complexity index is 767. The molecule has 0 aliphatic rings. The van der Waals surface area contributed by atoms with Gasteiger partial charge in [0.15, 0.2) is 0 Å². The van der Waals surface area contributed by atoms with Crippen LogP contribution in [-0.2, 0) is 11.8 Å². The van der Waals surface area contributed by atoms with Gasteiger partial charge >= 0.3 is 0 Å². The Kier molecular flexibility index (Phi) is 3.04. The van der Waals surface area contributed by atoms with Crippen molar-refractivity contribution in [2.45, 2.75) is 18.8 Å². The van der Waals surface area contributed by atoms with E-state index in [1.165, 1.54) is 5.39 Å². The van der Waals surface area contributed by atoms with Crippen molar-refractivity contribution >= 4 is 10.8 Å². The van der Waals surface area contributed by atoms with Crippen LogP contribution in [0.5, 0.6) is 0 Å². The van der Waals surface area contributed by atoms with Crippen LogP contribution in [0.4, 0.5) is 0 Å². The molecule has 0 saturated heterocycles. The molecule has 2 nitrogen and oxygen atoms in total. The topological polar surface area (TPSA) is 36.9 Å². The second kappa shape index (κ2) is 4.86. The Balaban J connectivity index is 2.04. The van der Waals surface area contributed by atoms with E-state index in [2.05, 4.69) is 30.3 Å². The second-order valence-corrected chi connectivity index (χ2v) is 5.26. The van der Waals surface area contributed by atoms with Crippen LogP contribution in [0.1, 0.15) is 18.2 Å². The average Bonchev–Trinajstić information content (AvgIpc) is 2.99. The Morgan fingerprint density at radius 1 is 1.05 bits per heavy atom. The molecular weight excluding hydrogens is 246 g/mol. The van der Waals surface area contributed by atoms with E-state index in [-0.39, 0.29) is 0 Å². The highest BCUT2D eigenvalue weighted by Gasteiger charge is 2.28. The predicted octanol–water partition coefficient (Wildman–Crippen LogP) is 4.46. The smallest absolute Gasteiger partial charge is 0.105 e. The van der Waals surface area contributed by atoms with Crippen LogP contribution >= 0.6 is 0 Å². The number of hydrogen-bond donors (Lipinski definition) is 0. The third-order valence-electron chi connectivity index (χ3n) is 3.74. The molecule has 0 fully saturated rings. The van der Waals surface area contributed by atoms with Crippen molar-refractivity contribution in [2.24, 2.45) is 0 Å². The summed E-state index contributed by atoms with van der Waals surface area (Å²) in [4.78, 5) is 0. The van der Waals surface area contributed by atoms with Crippen LogP contribution in [0.2, 0.25) is 0 Å². The molecule has 3 rings (SSSR count). The molecule has 0 aliphatic carbocycles. The molecule has 0 spiro atoms. The molecule has 2 aromatic carbocycles. The first-order valence-corrected chi connectivity index (χ1v) is 6.64. The van der Waals surface area contributed by atoms with Crippen molar-refractivity contribution in [3.05, 3.63) is 72.2 Å². The number of nitrogens with zero attached hydrogens (tertiary/aromatic N) is 1. The molecule has 0 saturated carbocycles. The number of benzene rings is 2. The van der Waals surface area contributed by atoms with E-state index >= 15 is 0 Å². The van der Waals surface area contributed by atoms with Crippen LogP contribution in [0.15, 0.2) is 65.3 Å². The zero-order valence-electron chi connectivity index (χ0n) is 11.3. The predicted molar refractivity (Wildman–Crippen MR) is 79.3 cm³/mol. The van der Waals surface area contributed by atoms with Crippen molar-refractivity contribution in [3.8, 4) is 6.07 Å². The lowest BCUT2D eigenvalue weighted by atomic mass is 9.79. The number of fused-ring (bicyclic) bond motifs is 1. The van der Waals surface area contributed by atoms with Gasteiger partial charge in [-0.2, -0.15) is 5.26 Å². The van der Waals surface area contributed by atoms with Gasteiger partial charge in [0.05, 0.1) is 17.7 Å². The van der Waals surface area contributed by atoms with E-state index < -0.39 is 5.41 Å². The molecule has 98 valence electrons. The molecule has 1 unspecified atom stereocenters. The molecular formula is C18H15NO. The Morgan fingerprint density at radius 3 is 2.55 bits per heavy atom. The fourth-order valence-corrected chi connectivity index (χ4v) is 2.50. The highest BCUT2D eigenvalue weighted by Crippen LogP contribution is 2.30. The minimum atomic E-state index is -0.581. The van der Waals surface area contributed by atoms with Crippen LogP contribution in [0.25, 0.3) is 10.8 Å². The molecule has 0 amide bonds. The summed E-state index contributed by atoms with van der Waals surface area (Å²) >= 11 is 0. The first-order valence-electron chi connectivity index (χ1n) is 6.64. The maximum absolute atomic E-state index is 9.62. The molecule has 20 heavy (non-hydrogen) atoms. The second-order valence-electron chi connectivity index (χ2n) is 5.26. The summed E-state index contributed by atoms with van der Waals surface area (Å²) in [6, 6.07) is 20.6. The highest BCUT2D eigenvalue weighted by atomic mass is 16.3. The van der Waals surface area contributed by atoms with E-state index in [9.17, 15) is 5.26 Å². The third kappa shape index (κ3) is 2.19. The lowest BCUT2D eigenvalue weighted by Crippen LogP contribution is -2.22. The first kappa shape index (κ1) is 12.5. The van der Waals surface area contributed by atoms with Crippen LogP contribution < -0.4 is 0 Å². The fourth-order valence-electron chi connectivity index (χ4n) is 2.50. The quantitative estimate of drug-likeness (QED) is 0.698. The lowest BCUT2D eigenvalue weighted by molar-refractivity contribution is 0.462. The highest BCUT2D eigenvalue weighted by molar-refractivity contribution is 5.83. The zero-order valence-corrected chi connectivity index (χ0v) is 11.3. The summed E-state index contributed by atoms with van der Waals surface area (Å²) < 4.78 is 5.39. The maximum atomic E-state index is 9.62. The molecule has 1 aromatic heterocycles. The van der Waals surface area contributed by atoms with Crippen LogP contribution in [0, 0.1) is 11.3 Å². The summed E-state index contributed by atoms with van der Waals surface area (Å²) in [5, 5.41) is 12.0. The van der Waals surface area contributed by atoms with Gasteiger partial charge in [-0.05, 0) is 41.5 Å². The van der Waals surface area contributed by atoms with Gasteiger partial charge in [-0.3, -0.25) is 0 Å². The Labute approximate surface area is 118 Å². The molecule has 0 bridgehead atoms. The lowest BCUT2D eigenvalue weighted by Gasteiger charge is -2.21. The normalized spacial score (nSPS) is 13.8. The number of nitriles is 1. The van der Waals surface area contributed by atoms with Crippen molar-refractivity contribution in [2.75, 3.05) is 0 Å². The van der Waals surface area contributed by atoms with Crippen molar-refractivity contribution in [1.82, 2.24) is 0 Å². The van der Waals surface area contributed by atoms with Gasteiger partial charge in [-0.1, -0.05) is 36.4 Å². The molecule has 0 aliphatic heterocycles. The van der Waals surface area contributed by atoms with E-state index in [0.717, 1.165) is 16.7 Å². The summed E-state index contributed by atoms with van der Waals surface area (Å²) in [6.45, 7) is 1.96. The first-order chi connectivity index (χ1) is 9.71. The van der Waals surface area contributed by atoms with Gasteiger partial charge in [0, 0.05) is 6.42 Å². The molecule has 0 N–H and O–H groups in total. The minimum absolute atomic E-state index is 0.578. The van der Waals surface area contributed by atoms with Crippen molar-refractivity contribution < 1.29 is 4.42 Å². The fraction of sp³-hybridized carbons (Fsp3) is 0.167. The minimum Gasteiger partial charge on any atom is -0.469 e. The van der Waals surface area contributed by atoms with Crippen molar-refractivity contribution in [1.29, 1.82) is 5.26 Å². The summed E-state index contributed by atoms with van der Waals surface area (Å²) in [6.07, 6.45) is 2.22. The standard InChI is InChI=1S/C18H15NO/c1-18(13-19,12-17-7-4-10-20-17)16-9-8-14-5-2-3-6-15(14)11-16/h2-11H,12H2,1H3. The van der Waals surface area contributed by atoms with Gasteiger partial charge in [-0.25, -0.2) is 0 Å². The SMILES string of the molecule is CC(C#N)(Cc1ccco1)c1ccc2ccccc2c1. The van der Waals surface area contributed by atoms with E-state index in [4.69, 9.17) is 4.42 Å². The summed E-state index contributed by atoms with van der Waals surface area (Å²) in [5.74, 6) is 0.835. The molecule has 2 heteroatoms. The van der Waals surface area contributed by atoms with Gasteiger partial charge in [0.2, 0.25) is 0 Å². The Morgan fingerprint density at radius 2 is 1.85 bits per heavy atom. The van der Waals surface area contributed by atoms with Gasteiger partial charge in [0.1, 0.15) is 5.76 Å². The van der Waals surface area contributed by atoms with Gasteiger partial charge in [0.25, 0.3) is 0 Å². The number of hydrogen-bond acceptors (Lipinski definition) is 2. The van der Waals surface area contributed by atoms with E-state index in [1.54, 1.807) is 6.26 Å². The monoisotopic (exact) mass is 261 g/mol. The largest absolute Gasteiger partial charge is 0.469 e. The molecule has 1 heterocycles. The summed E-state index contributed by atoms with van der Waals surface area (Å²) in [5.41, 5.74) is 0.442. The van der Waals surface area contributed by atoms with E-state index in [1.807, 2.05) is 37.3 Å². The van der Waals surface area contributed by atoms with Gasteiger partial charge < -0.3 is 4.42 Å². The Hall–Kier alpha value is -2.53. The number of furan rings is 1. The van der Waals surface area contributed by atoms with Crippen molar-refractivity contribution in [3.63, 3.8) is 0 Å². The maximum Gasteiger partial charge on any atom is 0.105 e. The average molecular weight is 261 g/mol. The molecule has 3 aromatic rings. The molecule has 0 radical (unpaired) electrons. The van der Waals surface area contributed by atoms with Crippen LogP contribution in [0.3, 0.4) is 0 Å². The third-order valence-corrected chi connectivity index (χ3v) is 3.74. The van der Waals surface area contributed by atoms with Crippen LogP contribution in [-0.4, -0.2) is 0 Å². The molecule has 1 atom stereocenters. The summed E-state index contributed by atoms with van der Waals surface area (Å²) in [7, 11) is 0. The number of rotatable bonds is 3.